The molecule has 0 radical (unpaired) electrons. The molecular weight excluding hydrogens is 392 g/mol. The second-order valence-corrected chi connectivity index (χ2v) is 9.15. The van der Waals surface area contributed by atoms with Gasteiger partial charge in [-0.2, -0.15) is 5.10 Å². The second kappa shape index (κ2) is 8.03. The minimum Gasteiger partial charge on any atom is -0.309 e. The summed E-state index contributed by atoms with van der Waals surface area (Å²) < 4.78 is 1.89. The standard InChI is InChI=1S/C24H26N4OS/c1-6-27(18-10-8-7-9-11-18)24(29)20-13-22(19-12-16(4)30-17(19)5)26-23-21(20)14-25-28(23)15(2)3/h7-15H,6H2,1-5H3. The van der Waals surface area contributed by atoms with Gasteiger partial charge in [-0.1, -0.05) is 18.2 Å². The second-order valence-electron chi connectivity index (χ2n) is 7.69. The van der Waals surface area contributed by atoms with Crippen molar-refractivity contribution in [3.05, 3.63) is 64.0 Å². The van der Waals surface area contributed by atoms with Crippen molar-refractivity contribution in [1.82, 2.24) is 14.8 Å². The van der Waals surface area contributed by atoms with Crippen LogP contribution in [0.1, 0.15) is 46.9 Å². The number of pyridine rings is 1. The molecule has 0 unspecified atom stereocenters. The minimum absolute atomic E-state index is 0.0368. The van der Waals surface area contributed by atoms with Crippen molar-refractivity contribution in [2.75, 3.05) is 11.4 Å². The monoisotopic (exact) mass is 418 g/mol. The van der Waals surface area contributed by atoms with Crippen molar-refractivity contribution >= 4 is 34.0 Å². The lowest BCUT2D eigenvalue weighted by Crippen LogP contribution is -2.30. The molecule has 0 aliphatic rings. The van der Waals surface area contributed by atoms with Crippen LogP contribution in [0.25, 0.3) is 22.3 Å². The number of hydrogen-bond donors (Lipinski definition) is 0. The molecule has 0 N–H and O–H groups in total. The number of rotatable bonds is 5. The molecule has 0 atom stereocenters. The van der Waals surface area contributed by atoms with Gasteiger partial charge in [-0.3, -0.25) is 4.79 Å². The summed E-state index contributed by atoms with van der Waals surface area (Å²) in [6.07, 6.45) is 1.77. The van der Waals surface area contributed by atoms with Gasteiger partial charge < -0.3 is 4.90 Å². The lowest BCUT2D eigenvalue weighted by Gasteiger charge is -2.22. The molecule has 1 aromatic carbocycles. The van der Waals surface area contributed by atoms with E-state index < -0.39 is 0 Å². The molecule has 154 valence electrons. The highest BCUT2D eigenvalue weighted by Gasteiger charge is 2.23. The number of hydrogen-bond acceptors (Lipinski definition) is 4. The predicted octanol–water partition coefficient (Wildman–Crippen LogP) is 6.02. The van der Waals surface area contributed by atoms with Crippen LogP contribution in [0.2, 0.25) is 0 Å². The van der Waals surface area contributed by atoms with Crippen molar-refractivity contribution in [2.24, 2.45) is 0 Å². The fourth-order valence-corrected chi connectivity index (χ4v) is 4.73. The molecule has 0 saturated heterocycles. The van der Waals surface area contributed by atoms with Crippen LogP contribution in [-0.2, 0) is 0 Å². The van der Waals surface area contributed by atoms with Gasteiger partial charge in [-0.05, 0) is 58.9 Å². The van der Waals surface area contributed by atoms with E-state index in [1.54, 1.807) is 22.4 Å². The molecule has 4 aromatic rings. The number of carbonyl (C=O) groups excluding carboxylic acids is 1. The Morgan fingerprint density at radius 3 is 2.50 bits per heavy atom. The van der Waals surface area contributed by atoms with E-state index in [1.165, 1.54) is 9.75 Å². The van der Waals surface area contributed by atoms with Crippen molar-refractivity contribution in [1.29, 1.82) is 0 Å². The first kappa shape index (κ1) is 20.3. The van der Waals surface area contributed by atoms with Gasteiger partial charge in [0, 0.05) is 33.6 Å². The summed E-state index contributed by atoms with van der Waals surface area (Å²) in [5.74, 6) is -0.0368. The third kappa shape index (κ3) is 3.52. The summed E-state index contributed by atoms with van der Waals surface area (Å²) in [6.45, 7) is 10.9. The number of nitrogens with zero attached hydrogens (tertiary/aromatic N) is 4. The summed E-state index contributed by atoms with van der Waals surface area (Å²) in [5, 5.41) is 5.33. The fourth-order valence-electron chi connectivity index (χ4n) is 3.79. The minimum atomic E-state index is -0.0368. The van der Waals surface area contributed by atoms with E-state index in [4.69, 9.17) is 4.98 Å². The zero-order valence-corrected chi connectivity index (χ0v) is 18.8. The van der Waals surface area contributed by atoms with Gasteiger partial charge in [0.2, 0.25) is 0 Å². The number of aryl methyl sites for hydroxylation is 2. The van der Waals surface area contributed by atoms with Gasteiger partial charge in [0.25, 0.3) is 5.91 Å². The lowest BCUT2D eigenvalue weighted by molar-refractivity contribution is 0.0990. The fraction of sp³-hybridized carbons (Fsp3) is 0.292. The SMILES string of the molecule is CCN(C(=O)c1cc(-c2cc(C)sc2C)nc2c1cnn2C(C)C)c1ccccc1. The van der Waals surface area contributed by atoms with Crippen LogP contribution in [0.15, 0.2) is 48.7 Å². The maximum absolute atomic E-state index is 13.7. The molecule has 0 spiro atoms. The van der Waals surface area contributed by atoms with E-state index in [0.29, 0.717) is 12.1 Å². The number of benzene rings is 1. The molecule has 0 fully saturated rings. The Bertz CT molecular complexity index is 1210. The molecule has 0 saturated carbocycles. The number of carbonyl (C=O) groups is 1. The molecule has 3 aromatic heterocycles. The molecule has 1 amide bonds. The molecule has 0 bridgehead atoms. The molecule has 0 aliphatic heterocycles. The Morgan fingerprint density at radius 2 is 1.90 bits per heavy atom. The zero-order chi connectivity index (χ0) is 21.4. The first-order chi connectivity index (χ1) is 14.4. The average molecular weight is 419 g/mol. The smallest absolute Gasteiger partial charge is 0.259 e. The van der Waals surface area contributed by atoms with E-state index >= 15 is 0 Å². The van der Waals surface area contributed by atoms with E-state index in [0.717, 1.165) is 28.0 Å². The largest absolute Gasteiger partial charge is 0.309 e. The normalized spacial score (nSPS) is 11.4. The van der Waals surface area contributed by atoms with Gasteiger partial charge in [0.05, 0.1) is 22.8 Å². The van der Waals surface area contributed by atoms with Crippen molar-refractivity contribution in [2.45, 2.75) is 40.7 Å². The van der Waals surface area contributed by atoms with E-state index in [9.17, 15) is 4.79 Å². The van der Waals surface area contributed by atoms with E-state index in [2.05, 4.69) is 38.9 Å². The lowest BCUT2D eigenvalue weighted by atomic mass is 10.1. The number of fused-ring (bicyclic) bond motifs is 1. The molecule has 4 rings (SSSR count). The Kier molecular flexibility index (Phi) is 5.43. The summed E-state index contributed by atoms with van der Waals surface area (Å²) in [6, 6.07) is 14.0. The maximum atomic E-state index is 13.7. The summed E-state index contributed by atoms with van der Waals surface area (Å²) in [7, 11) is 0. The van der Waals surface area contributed by atoms with Gasteiger partial charge in [-0.25, -0.2) is 9.67 Å². The Hall–Kier alpha value is -2.99. The van der Waals surface area contributed by atoms with Crippen molar-refractivity contribution < 1.29 is 4.79 Å². The van der Waals surface area contributed by atoms with Crippen LogP contribution in [0.4, 0.5) is 5.69 Å². The summed E-state index contributed by atoms with van der Waals surface area (Å²) in [4.78, 5) is 22.9. The summed E-state index contributed by atoms with van der Waals surface area (Å²) in [5.41, 5.74) is 4.16. The zero-order valence-electron chi connectivity index (χ0n) is 18.0. The van der Waals surface area contributed by atoms with Crippen molar-refractivity contribution in [3.63, 3.8) is 0 Å². The molecule has 3 heterocycles. The number of aromatic nitrogens is 3. The first-order valence-corrected chi connectivity index (χ1v) is 11.0. The first-order valence-electron chi connectivity index (χ1n) is 10.2. The Labute approximate surface area is 181 Å². The topological polar surface area (TPSA) is 51.0 Å². The van der Waals surface area contributed by atoms with E-state index in [-0.39, 0.29) is 11.9 Å². The molecule has 5 nitrogen and oxygen atoms in total. The van der Waals surface area contributed by atoms with Crippen LogP contribution in [-0.4, -0.2) is 27.2 Å². The predicted molar refractivity (Wildman–Crippen MR) is 124 cm³/mol. The van der Waals surface area contributed by atoms with Gasteiger partial charge >= 0.3 is 0 Å². The highest BCUT2D eigenvalue weighted by atomic mass is 32.1. The number of amides is 1. The van der Waals surface area contributed by atoms with Crippen molar-refractivity contribution in [3.8, 4) is 11.3 Å². The van der Waals surface area contributed by atoms with Crippen LogP contribution in [0.5, 0.6) is 0 Å². The number of anilines is 1. The van der Waals surface area contributed by atoms with E-state index in [1.807, 2.05) is 48.0 Å². The Balaban J connectivity index is 1.94. The number of para-hydroxylation sites is 1. The molecule has 0 aliphatic carbocycles. The summed E-state index contributed by atoms with van der Waals surface area (Å²) >= 11 is 1.75. The van der Waals surface area contributed by atoms with Crippen LogP contribution >= 0.6 is 11.3 Å². The number of thiophene rings is 1. The van der Waals surface area contributed by atoms with Crippen LogP contribution in [0, 0.1) is 13.8 Å². The third-order valence-electron chi connectivity index (χ3n) is 5.23. The molecule has 30 heavy (non-hydrogen) atoms. The van der Waals surface area contributed by atoms with Crippen LogP contribution < -0.4 is 4.90 Å². The quantitative estimate of drug-likeness (QED) is 0.398. The highest BCUT2D eigenvalue weighted by molar-refractivity contribution is 7.12. The van der Waals surface area contributed by atoms with Gasteiger partial charge in [0.1, 0.15) is 0 Å². The Morgan fingerprint density at radius 1 is 1.17 bits per heavy atom. The maximum Gasteiger partial charge on any atom is 0.259 e. The average Bonchev–Trinajstić information content (AvgIpc) is 3.31. The van der Waals surface area contributed by atoms with Gasteiger partial charge in [0.15, 0.2) is 5.65 Å². The van der Waals surface area contributed by atoms with Gasteiger partial charge in [-0.15, -0.1) is 11.3 Å². The molecular formula is C24H26N4OS. The highest BCUT2D eigenvalue weighted by Crippen LogP contribution is 2.33. The third-order valence-corrected chi connectivity index (χ3v) is 6.20. The van der Waals surface area contributed by atoms with Crippen LogP contribution in [0.3, 0.4) is 0 Å². The molecule has 6 heteroatoms.